The summed E-state index contributed by atoms with van der Waals surface area (Å²) < 4.78 is 0. The predicted octanol–water partition coefficient (Wildman–Crippen LogP) is 6.71. The molecule has 1 heterocycles. The van der Waals surface area contributed by atoms with Crippen LogP contribution in [-0.4, -0.2) is 17.1 Å². The Morgan fingerprint density at radius 2 is 1.68 bits per heavy atom. The molecule has 34 heavy (non-hydrogen) atoms. The lowest BCUT2D eigenvalue weighted by Crippen LogP contribution is -2.30. The molecule has 4 rings (SSSR count). The highest BCUT2D eigenvalue weighted by Crippen LogP contribution is 2.42. The molecule has 0 aromatic heterocycles. The standard InChI is InChI=1S/C25H16Cl3N3O2S/c26-16-8-6-15(7-9-16)12-22-24(33)31(18-4-2-1-3-5-18)25(34-22)19(14-29)23(32)30-21-13-17(27)10-11-20(21)28/h1-11,13,22H,12H2,(H,30,32)/b25-19-. The molecule has 3 aromatic rings. The van der Waals surface area contributed by atoms with Gasteiger partial charge in [-0.05, 0) is 54.4 Å². The maximum Gasteiger partial charge on any atom is 0.269 e. The number of nitrogens with one attached hydrogen (secondary N) is 1. The van der Waals surface area contributed by atoms with E-state index in [1.165, 1.54) is 22.7 Å². The molecule has 1 aliphatic rings. The monoisotopic (exact) mass is 527 g/mol. The van der Waals surface area contributed by atoms with E-state index in [9.17, 15) is 14.9 Å². The third kappa shape index (κ3) is 5.24. The second-order valence-corrected chi connectivity index (χ2v) is 9.79. The number of amides is 2. The topological polar surface area (TPSA) is 73.2 Å². The van der Waals surface area contributed by atoms with E-state index in [0.717, 1.165) is 5.56 Å². The van der Waals surface area contributed by atoms with E-state index in [2.05, 4.69) is 5.32 Å². The highest BCUT2D eigenvalue weighted by Gasteiger charge is 2.40. The number of carbonyl (C=O) groups is 2. The van der Waals surface area contributed by atoms with Crippen molar-refractivity contribution in [2.45, 2.75) is 11.7 Å². The van der Waals surface area contributed by atoms with Crippen molar-refractivity contribution in [2.24, 2.45) is 0 Å². The van der Waals surface area contributed by atoms with Crippen molar-refractivity contribution in [3.8, 4) is 6.07 Å². The van der Waals surface area contributed by atoms with E-state index >= 15 is 0 Å². The lowest BCUT2D eigenvalue weighted by molar-refractivity contribution is -0.117. The van der Waals surface area contributed by atoms with E-state index in [1.54, 1.807) is 48.5 Å². The quantitative estimate of drug-likeness (QED) is 0.295. The maximum atomic E-state index is 13.5. The molecule has 1 unspecified atom stereocenters. The molecule has 9 heteroatoms. The average molecular weight is 529 g/mol. The summed E-state index contributed by atoms with van der Waals surface area (Å²) in [6.07, 6.45) is 0.411. The van der Waals surface area contributed by atoms with Gasteiger partial charge in [0.25, 0.3) is 5.91 Å². The second-order valence-electron chi connectivity index (χ2n) is 7.32. The molecular formula is C25H16Cl3N3O2S. The Kier molecular flexibility index (Phi) is 7.50. The van der Waals surface area contributed by atoms with Crippen LogP contribution in [0, 0.1) is 11.3 Å². The van der Waals surface area contributed by atoms with Crippen molar-refractivity contribution in [1.29, 1.82) is 5.26 Å². The Balaban J connectivity index is 1.72. The molecule has 1 saturated heterocycles. The first-order chi connectivity index (χ1) is 16.4. The maximum absolute atomic E-state index is 13.5. The normalized spacial score (nSPS) is 16.8. The van der Waals surface area contributed by atoms with Gasteiger partial charge in [-0.1, -0.05) is 76.9 Å². The first-order valence-corrected chi connectivity index (χ1v) is 12.1. The van der Waals surface area contributed by atoms with Gasteiger partial charge in [-0.3, -0.25) is 14.5 Å². The number of rotatable bonds is 5. The van der Waals surface area contributed by atoms with E-state index in [-0.39, 0.29) is 27.2 Å². The summed E-state index contributed by atoms with van der Waals surface area (Å²) in [7, 11) is 0. The van der Waals surface area contributed by atoms with Gasteiger partial charge >= 0.3 is 0 Å². The van der Waals surface area contributed by atoms with E-state index < -0.39 is 11.2 Å². The molecule has 0 saturated carbocycles. The Bertz CT molecular complexity index is 1320. The van der Waals surface area contributed by atoms with Crippen LogP contribution in [-0.2, 0) is 16.0 Å². The van der Waals surface area contributed by atoms with E-state index in [1.807, 2.05) is 24.3 Å². The first-order valence-electron chi connectivity index (χ1n) is 10.1. The molecule has 1 aliphatic heterocycles. The van der Waals surface area contributed by atoms with Crippen molar-refractivity contribution >= 4 is 69.8 Å². The molecule has 0 radical (unpaired) electrons. The minimum atomic E-state index is -0.685. The van der Waals surface area contributed by atoms with Gasteiger partial charge in [-0.25, -0.2) is 0 Å². The fourth-order valence-electron chi connectivity index (χ4n) is 3.41. The zero-order chi connectivity index (χ0) is 24.2. The number of halogens is 3. The highest BCUT2D eigenvalue weighted by molar-refractivity contribution is 8.05. The van der Waals surface area contributed by atoms with E-state index in [4.69, 9.17) is 34.8 Å². The van der Waals surface area contributed by atoms with Gasteiger partial charge in [0.1, 0.15) is 16.7 Å². The SMILES string of the molecule is N#C/C(C(=O)Nc1cc(Cl)ccc1Cl)=C1/SC(Cc2ccc(Cl)cc2)C(=O)N1c1ccccc1. The second kappa shape index (κ2) is 10.5. The van der Waals surface area contributed by atoms with Gasteiger partial charge < -0.3 is 5.32 Å². The molecule has 1 fully saturated rings. The van der Waals surface area contributed by atoms with Crippen molar-refractivity contribution in [3.63, 3.8) is 0 Å². The lowest BCUT2D eigenvalue weighted by Gasteiger charge is -2.18. The molecule has 3 aromatic carbocycles. The number of nitriles is 1. The average Bonchev–Trinajstić information content (AvgIpc) is 3.14. The predicted molar refractivity (Wildman–Crippen MR) is 138 cm³/mol. The molecular weight excluding hydrogens is 513 g/mol. The molecule has 0 aliphatic carbocycles. The number of hydrogen-bond acceptors (Lipinski definition) is 4. The number of benzene rings is 3. The van der Waals surface area contributed by atoms with Crippen LogP contribution in [0.4, 0.5) is 11.4 Å². The Labute approximate surface area is 215 Å². The van der Waals surface area contributed by atoms with Gasteiger partial charge in [0.2, 0.25) is 5.91 Å². The van der Waals surface area contributed by atoms with Crippen molar-refractivity contribution in [2.75, 3.05) is 10.2 Å². The van der Waals surface area contributed by atoms with Crippen LogP contribution in [0.15, 0.2) is 83.4 Å². The van der Waals surface area contributed by atoms with Crippen LogP contribution < -0.4 is 10.2 Å². The van der Waals surface area contributed by atoms with Crippen LogP contribution >= 0.6 is 46.6 Å². The molecule has 1 N–H and O–H groups in total. The number of hydrogen-bond donors (Lipinski definition) is 1. The molecule has 5 nitrogen and oxygen atoms in total. The molecule has 0 bridgehead atoms. The van der Waals surface area contributed by atoms with Crippen molar-refractivity contribution in [1.82, 2.24) is 0 Å². The zero-order valence-electron chi connectivity index (χ0n) is 17.5. The largest absolute Gasteiger partial charge is 0.320 e. The van der Waals surface area contributed by atoms with Gasteiger partial charge in [-0.2, -0.15) is 5.26 Å². The fourth-order valence-corrected chi connectivity index (χ4v) is 5.18. The summed E-state index contributed by atoms with van der Waals surface area (Å²) in [5, 5.41) is 13.5. The third-order valence-corrected chi connectivity index (χ3v) is 7.11. The van der Waals surface area contributed by atoms with Gasteiger partial charge in [0.15, 0.2) is 0 Å². The number of anilines is 2. The van der Waals surface area contributed by atoms with Crippen LogP contribution in [0.3, 0.4) is 0 Å². The third-order valence-electron chi connectivity index (χ3n) is 5.03. The molecule has 1 atom stereocenters. The Hall–Kier alpha value is -2.95. The summed E-state index contributed by atoms with van der Waals surface area (Å²) in [6.45, 7) is 0. The summed E-state index contributed by atoms with van der Waals surface area (Å²) in [5.41, 5.74) is 1.55. The Morgan fingerprint density at radius 1 is 1.00 bits per heavy atom. The Morgan fingerprint density at radius 3 is 2.35 bits per heavy atom. The minimum absolute atomic E-state index is 0.197. The minimum Gasteiger partial charge on any atom is -0.320 e. The number of thioether (sulfide) groups is 1. The van der Waals surface area contributed by atoms with Crippen LogP contribution in [0.5, 0.6) is 0 Å². The van der Waals surface area contributed by atoms with Gasteiger partial charge in [0.05, 0.1) is 16.0 Å². The van der Waals surface area contributed by atoms with Crippen LogP contribution in [0.25, 0.3) is 0 Å². The molecule has 0 spiro atoms. The zero-order valence-corrected chi connectivity index (χ0v) is 20.6. The molecule has 170 valence electrons. The summed E-state index contributed by atoms with van der Waals surface area (Å²) >= 11 is 19.3. The number of para-hydroxylation sites is 1. The van der Waals surface area contributed by atoms with Crippen molar-refractivity contribution in [3.05, 3.63) is 104 Å². The highest BCUT2D eigenvalue weighted by atomic mass is 35.5. The van der Waals surface area contributed by atoms with E-state index in [0.29, 0.717) is 22.2 Å². The molecule has 2 amide bonds. The summed E-state index contributed by atoms with van der Waals surface area (Å²) in [4.78, 5) is 28.0. The van der Waals surface area contributed by atoms with Crippen LogP contribution in [0.1, 0.15) is 5.56 Å². The summed E-state index contributed by atoms with van der Waals surface area (Å²) in [5.74, 6) is -0.905. The smallest absolute Gasteiger partial charge is 0.269 e. The fraction of sp³-hybridized carbons (Fsp3) is 0.0800. The lowest BCUT2D eigenvalue weighted by atomic mass is 10.1. The number of carbonyl (C=O) groups excluding carboxylic acids is 2. The van der Waals surface area contributed by atoms with Gasteiger partial charge in [0, 0.05) is 15.7 Å². The number of nitrogens with zero attached hydrogens (tertiary/aromatic N) is 2. The first kappa shape index (κ1) is 24.2. The van der Waals surface area contributed by atoms with Crippen LogP contribution in [0.2, 0.25) is 15.1 Å². The van der Waals surface area contributed by atoms with Gasteiger partial charge in [-0.15, -0.1) is 0 Å². The summed E-state index contributed by atoms with van der Waals surface area (Å²) in [6, 6.07) is 22.7. The van der Waals surface area contributed by atoms with Crippen molar-refractivity contribution < 1.29 is 9.59 Å².